The van der Waals surface area contributed by atoms with Crippen LogP contribution in [0.25, 0.3) is 10.9 Å². The third-order valence-corrected chi connectivity index (χ3v) is 3.48. The maximum atomic E-state index is 12.4. The van der Waals surface area contributed by atoms with Crippen molar-refractivity contribution in [3.63, 3.8) is 0 Å². The summed E-state index contributed by atoms with van der Waals surface area (Å²) in [6, 6.07) is 13.6. The van der Waals surface area contributed by atoms with Crippen LogP contribution in [0, 0.1) is 0 Å². The van der Waals surface area contributed by atoms with Gasteiger partial charge in [-0.3, -0.25) is 4.79 Å². The van der Waals surface area contributed by atoms with Crippen LogP contribution >= 0.6 is 0 Å². The molecule has 3 aromatic rings. The van der Waals surface area contributed by atoms with Gasteiger partial charge in [0, 0.05) is 29.7 Å². The number of hydrogen-bond acceptors (Lipinski definition) is 3. The van der Waals surface area contributed by atoms with E-state index in [0.29, 0.717) is 11.1 Å². The maximum Gasteiger partial charge on any atom is 0.344 e. The molecule has 3 rings (SSSR count). The lowest BCUT2D eigenvalue weighted by Gasteiger charge is -2.07. The Bertz CT molecular complexity index is 880. The Morgan fingerprint density at radius 3 is 2.64 bits per heavy atom. The summed E-state index contributed by atoms with van der Waals surface area (Å²) >= 11 is 0. The Hall–Kier alpha value is -3.08. The van der Waals surface area contributed by atoms with Crippen molar-refractivity contribution in [2.24, 2.45) is 12.8 Å². The maximum absolute atomic E-state index is 12.4. The van der Waals surface area contributed by atoms with Crippen molar-refractivity contribution in [2.75, 3.05) is 0 Å². The number of aromatic nitrogens is 1. The number of primary amides is 1. The van der Waals surface area contributed by atoms with Gasteiger partial charge in [-0.15, -0.1) is 0 Å². The Balaban J connectivity index is 1.94. The van der Waals surface area contributed by atoms with E-state index < -0.39 is 11.9 Å². The SMILES string of the molecule is Cn1ccc2c(C(=O)Oc3cccc(C(N)=O)c3)cccc21. The first-order chi connectivity index (χ1) is 10.6. The highest BCUT2D eigenvalue weighted by Gasteiger charge is 2.14. The molecule has 0 saturated heterocycles. The van der Waals surface area contributed by atoms with E-state index in [-0.39, 0.29) is 5.75 Å². The number of hydrogen-bond donors (Lipinski definition) is 1. The molecule has 0 radical (unpaired) electrons. The van der Waals surface area contributed by atoms with Gasteiger partial charge in [-0.2, -0.15) is 0 Å². The second kappa shape index (κ2) is 5.37. The van der Waals surface area contributed by atoms with E-state index in [4.69, 9.17) is 10.5 Å². The van der Waals surface area contributed by atoms with Crippen LogP contribution in [0.2, 0.25) is 0 Å². The molecule has 0 bridgehead atoms. The minimum absolute atomic E-state index is 0.286. The van der Waals surface area contributed by atoms with Crippen LogP contribution in [0.4, 0.5) is 0 Å². The number of nitrogens with two attached hydrogens (primary N) is 1. The molecule has 5 nitrogen and oxygen atoms in total. The van der Waals surface area contributed by atoms with E-state index >= 15 is 0 Å². The Morgan fingerprint density at radius 2 is 1.86 bits per heavy atom. The average Bonchev–Trinajstić information content (AvgIpc) is 2.89. The Morgan fingerprint density at radius 1 is 1.09 bits per heavy atom. The van der Waals surface area contributed by atoms with Crippen molar-refractivity contribution in [1.82, 2.24) is 4.57 Å². The fourth-order valence-corrected chi connectivity index (χ4v) is 2.36. The number of amides is 1. The van der Waals surface area contributed by atoms with Gasteiger partial charge in [0.15, 0.2) is 0 Å². The molecule has 0 aliphatic rings. The molecule has 0 spiro atoms. The van der Waals surface area contributed by atoms with Crippen LogP contribution in [0.1, 0.15) is 20.7 Å². The lowest BCUT2D eigenvalue weighted by atomic mass is 10.1. The summed E-state index contributed by atoms with van der Waals surface area (Å²) in [5.74, 6) is -0.754. The van der Waals surface area contributed by atoms with E-state index in [1.807, 2.05) is 29.9 Å². The number of rotatable bonds is 3. The van der Waals surface area contributed by atoms with Gasteiger partial charge < -0.3 is 15.0 Å². The summed E-state index contributed by atoms with van der Waals surface area (Å²) in [7, 11) is 1.91. The predicted molar refractivity (Wildman–Crippen MR) is 82.8 cm³/mol. The first-order valence-corrected chi connectivity index (χ1v) is 6.72. The number of fused-ring (bicyclic) bond motifs is 1. The van der Waals surface area contributed by atoms with Crippen LogP contribution in [0.15, 0.2) is 54.7 Å². The second-order valence-electron chi connectivity index (χ2n) is 4.95. The molecule has 1 heterocycles. The Labute approximate surface area is 126 Å². The van der Waals surface area contributed by atoms with Crippen molar-refractivity contribution >= 4 is 22.8 Å². The number of carbonyl (C=O) groups excluding carboxylic acids is 2. The Kier molecular flexibility index (Phi) is 3.39. The van der Waals surface area contributed by atoms with Gasteiger partial charge in [0.05, 0.1) is 5.56 Å². The standard InChI is InChI=1S/C17H14N2O3/c1-19-9-8-13-14(6-3-7-15(13)19)17(21)22-12-5-2-4-11(10-12)16(18)20/h2-10H,1H3,(H2,18,20). The van der Waals surface area contributed by atoms with Crippen molar-refractivity contribution < 1.29 is 14.3 Å². The highest BCUT2D eigenvalue weighted by Crippen LogP contribution is 2.22. The first-order valence-electron chi connectivity index (χ1n) is 6.72. The lowest BCUT2D eigenvalue weighted by molar-refractivity contribution is 0.0735. The fourth-order valence-electron chi connectivity index (χ4n) is 2.36. The van der Waals surface area contributed by atoms with Crippen LogP contribution in [-0.2, 0) is 7.05 Å². The van der Waals surface area contributed by atoms with Crippen molar-refractivity contribution in [3.05, 3.63) is 65.9 Å². The molecule has 22 heavy (non-hydrogen) atoms. The molecule has 0 atom stereocenters. The smallest absolute Gasteiger partial charge is 0.344 e. The van der Waals surface area contributed by atoms with Crippen molar-refractivity contribution in [3.8, 4) is 5.75 Å². The third-order valence-electron chi connectivity index (χ3n) is 3.48. The molecule has 0 saturated carbocycles. The molecule has 0 fully saturated rings. The molecular weight excluding hydrogens is 280 g/mol. The highest BCUT2D eigenvalue weighted by molar-refractivity contribution is 6.04. The highest BCUT2D eigenvalue weighted by atomic mass is 16.5. The summed E-state index contributed by atoms with van der Waals surface area (Å²) in [4.78, 5) is 23.5. The minimum Gasteiger partial charge on any atom is -0.423 e. The normalized spacial score (nSPS) is 10.6. The van der Waals surface area contributed by atoms with E-state index in [9.17, 15) is 9.59 Å². The minimum atomic E-state index is -0.567. The molecule has 0 aliphatic heterocycles. The van der Waals surface area contributed by atoms with E-state index in [1.54, 1.807) is 30.3 Å². The summed E-state index contributed by atoms with van der Waals surface area (Å²) in [5.41, 5.74) is 6.93. The number of ether oxygens (including phenoxy) is 1. The van der Waals surface area contributed by atoms with Crippen molar-refractivity contribution in [2.45, 2.75) is 0 Å². The summed E-state index contributed by atoms with van der Waals surface area (Å²) in [6.45, 7) is 0. The van der Waals surface area contributed by atoms with Gasteiger partial charge >= 0.3 is 5.97 Å². The number of benzene rings is 2. The van der Waals surface area contributed by atoms with Crippen LogP contribution in [0.5, 0.6) is 5.75 Å². The molecule has 0 aliphatic carbocycles. The molecule has 2 aromatic carbocycles. The van der Waals surface area contributed by atoms with Gasteiger partial charge in [-0.1, -0.05) is 12.1 Å². The number of carbonyl (C=O) groups is 2. The van der Waals surface area contributed by atoms with E-state index in [1.165, 1.54) is 6.07 Å². The molecular formula is C17H14N2O3. The fraction of sp³-hybridized carbons (Fsp3) is 0.0588. The van der Waals surface area contributed by atoms with Gasteiger partial charge in [-0.25, -0.2) is 4.79 Å². The molecule has 2 N–H and O–H groups in total. The quantitative estimate of drug-likeness (QED) is 0.595. The van der Waals surface area contributed by atoms with Crippen LogP contribution in [0.3, 0.4) is 0 Å². The monoisotopic (exact) mass is 294 g/mol. The zero-order valence-electron chi connectivity index (χ0n) is 11.9. The second-order valence-corrected chi connectivity index (χ2v) is 4.95. The van der Waals surface area contributed by atoms with Crippen molar-refractivity contribution in [1.29, 1.82) is 0 Å². The topological polar surface area (TPSA) is 74.3 Å². The summed E-state index contributed by atoms with van der Waals surface area (Å²) in [6.07, 6.45) is 1.88. The molecule has 110 valence electrons. The number of nitrogens with zero attached hydrogens (tertiary/aromatic N) is 1. The first kappa shape index (κ1) is 13.9. The largest absolute Gasteiger partial charge is 0.423 e. The molecule has 5 heteroatoms. The predicted octanol–water partition coefficient (Wildman–Crippen LogP) is 2.50. The number of esters is 1. The zero-order chi connectivity index (χ0) is 15.7. The van der Waals surface area contributed by atoms with Gasteiger partial charge in [-0.05, 0) is 36.4 Å². The van der Waals surface area contributed by atoms with Gasteiger partial charge in [0.25, 0.3) is 0 Å². The molecule has 1 aromatic heterocycles. The average molecular weight is 294 g/mol. The third kappa shape index (κ3) is 2.44. The van der Waals surface area contributed by atoms with E-state index in [2.05, 4.69) is 0 Å². The van der Waals surface area contributed by atoms with Gasteiger partial charge in [0.1, 0.15) is 5.75 Å². The van der Waals surface area contributed by atoms with Crippen LogP contribution < -0.4 is 10.5 Å². The van der Waals surface area contributed by atoms with Gasteiger partial charge in [0.2, 0.25) is 5.91 Å². The zero-order valence-corrected chi connectivity index (χ0v) is 11.9. The summed E-state index contributed by atoms with van der Waals surface area (Å²) < 4.78 is 7.28. The molecule has 0 unspecified atom stereocenters. The number of aryl methyl sites for hydroxylation is 1. The van der Waals surface area contributed by atoms with Crippen LogP contribution in [-0.4, -0.2) is 16.4 Å². The molecule has 1 amide bonds. The van der Waals surface area contributed by atoms with E-state index in [0.717, 1.165) is 10.9 Å². The summed E-state index contributed by atoms with van der Waals surface area (Å²) in [5, 5.41) is 0.820. The lowest BCUT2D eigenvalue weighted by Crippen LogP contribution is -2.12.